The molecule has 0 saturated heterocycles. The van der Waals surface area contributed by atoms with E-state index in [1.165, 1.54) is 5.56 Å². The van der Waals surface area contributed by atoms with E-state index in [9.17, 15) is 0 Å². The summed E-state index contributed by atoms with van der Waals surface area (Å²) in [5.41, 5.74) is 2.32. The number of ether oxygens (including phenoxy) is 1. The van der Waals surface area contributed by atoms with E-state index in [0.717, 1.165) is 11.4 Å². The highest BCUT2D eigenvalue weighted by atomic mass is 16.5. The molecule has 4 nitrogen and oxygen atoms in total. The largest absolute Gasteiger partial charge is 0.495 e. The molecular weight excluding hydrogens is 214 g/mol. The molecule has 0 fully saturated rings. The molecular formula is C13H17N3O. The van der Waals surface area contributed by atoms with Gasteiger partial charge in [0.1, 0.15) is 18.4 Å². The first-order valence-electron chi connectivity index (χ1n) is 5.56. The van der Waals surface area contributed by atoms with Crippen LogP contribution in [0.1, 0.15) is 26.3 Å². The summed E-state index contributed by atoms with van der Waals surface area (Å²) >= 11 is 0. The molecule has 0 aliphatic rings. The molecule has 4 heteroatoms. The van der Waals surface area contributed by atoms with Crippen LogP contribution in [0.25, 0.3) is 5.69 Å². The second-order valence-corrected chi connectivity index (χ2v) is 5.01. The summed E-state index contributed by atoms with van der Waals surface area (Å²) in [6.07, 6.45) is 3.34. The number of aromatic nitrogens is 3. The summed E-state index contributed by atoms with van der Waals surface area (Å²) in [5.74, 6) is 0.817. The van der Waals surface area contributed by atoms with Crippen molar-refractivity contribution in [3.63, 3.8) is 0 Å². The lowest BCUT2D eigenvalue weighted by Crippen LogP contribution is -2.12. The summed E-state index contributed by atoms with van der Waals surface area (Å²) in [4.78, 5) is 0. The molecule has 2 aromatic rings. The van der Waals surface area contributed by atoms with Crippen LogP contribution in [0.3, 0.4) is 0 Å². The van der Waals surface area contributed by atoms with Gasteiger partial charge in [-0.25, -0.2) is 0 Å². The third-order valence-electron chi connectivity index (χ3n) is 2.74. The molecule has 2 rings (SSSR count). The minimum Gasteiger partial charge on any atom is -0.495 e. The van der Waals surface area contributed by atoms with E-state index in [1.54, 1.807) is 19.8 Å². The van der Waals surface area contributed by atoms with Gasteiger partial charge in [0.15, 0.2) is 0 Å². The van der Waals surface area contributed by atoms with Gasteiger partial charge in [-0.15, -0.1) is 10.2 Å². The number of benzene rings is 1. The van der Waals surface area contributed by atoms with E-state index in [-0.39, 0.29) is 5.41 Å². The smallest absolute Gasteiger partial charge is 0.142 e. The zero-order chi connectivity index (χ0) is 12.5. The number of nitrogens with zero attached hydrogens (tertiary/aromatic N) is 3. The standard InChI is InChI=1S/C13H17N3O/c1-13(2,3)10-5-6-12(17-4)11(7-10)16-8-14-15-9-16/h5-9H,1-4H3. The Labute approximate surface area is 101 Å². The Hall–Kier alpha value is -1.84. The van der Waals surface area contributed by atoms with Crippen LogP contribution in [0.5, 0.6) is 5.75 Å². The second-order valence-electron chi connectivity index (χ2n) is 5.01. The summed E-state index contributed by atoms with van der Waals surface area (Å²) in [6.45, 7) is 6.56. The van der Waals surface area contributed by atoms with Crippen LogP contribution in [0.4, 0.5) is 0 Å². The van der Waals surface area contributed by atoms with Gasteiger partial charge in [-0.2, -0.15) is 0 Å². The fourth-order valence-electron chi connectivity index (χ4n) is 1.68. The normalized spacial score (nSPS) is 11.5. The van der Waals surface area contributed by atoms with Crippen molar-refractivity contribution in [2.24, 2.45) is 0 Å². The minimum absolute atomic E-state index is 0.106. The highest BCUT2D eigenvalue weighted by molar-refractivity contribution is 5.50. The molecule has 90 valence electrons. The third-order valence-corrected chi connectivity index (χ3v) is 2.74. The van der Waals surface area contributed by atoms with Crippen LogP contribution in [0.2, 0.25) is 0 Å². The molecule has 17 heavy (non-hydrogen) atoms. The van der Waals surface area contributed by atoms with Crippen molar-refractivity contribution in [1.82, 2.24) is 14.8 Å². The molecule has 0 N–H and O–H groups in total. The SMILES string of the molecule is COc1ccc(C(C)(C)C)cc1-n1cnnc1. The number of rotatable bonds is 2. The molecule has 0 atom stereocenters. The Bertz CT molecular complexity index is 498. The predicted molar refractivity (Wildman–Crippen MR) is 66.6 cm³/mol. The molecule has 1 aromatic carbocycles. The zero-order valence-corrected chi connectivity index (χ0v) is 10.6. The van der Waals surface area contributed by atoms with Gasteiger partial charge in [-0.1, -0.05) is 26.8 Å². The van der Waals surface area contributed by atoms with Gasteiger partial charge in [0, 0.05) is 0 Å². The molecule has 0 spiro atoms. The van der Waals surface area contributed by atoms with Crippen LogP contribution in [0, 0.1) is 0 Å². The summed E-state index contributed by atoms with van der Waals surface area (Å²) in [6, 6.07) is 6.19. The minimum atomic E-state index is 0.106. The first kappa shape index (κ1) is 11.6. The van der Waals surface area contributed by atoms with Gasteiger partial charge in [-0.3, -0.25) is 4.57 Å². The van der Waals surface area contributed by atoms with Crippen LogP contribution < -0.4 is 4.74 Å². The monoisotopic (exact) mass is 231 g/mol. The second kappa shape index (κ2) is 4.20. The van der Waals surface area contributed by atoms with Gasteiger partial charge in [0.2, 0.25) is 0 Å². The summed E-state index contributed by atoms with van der Waals surface area (Å²) < 4.78 is 7.22. The Morgan fingerprint density at radius 1 is 1.12 bits per heavy atom. The average Bonchev–Trinajstić information content (AvgIpc) is 2.80. The Kier molecular flexibility index (Phi) is 2.88. The van der Waals surface area contributed by atoms with E-state index in [0.29, 0.717) is 0 Å². The highest BCUT2D eigenvalue weighted by Gasteiger charge is 2.16. The van der Waals surface area contributed by atoms with Crippen molar-refractivity contribution in [3.8, 4) is 11.4 Å². The lowest BCUT2D eigenvalue weighted by atomic mass is 9.87. The Morgan fingerprint density at radius 3 is 2.29 bits per heavy atom. The fourth-order valence-corrected chi connectivity index (χ4v) is 1.68. The molecule has 0 radical (unpaired) electrons. The van der Waals surface area contributed by atoms with Crippen LogP contribution in [0.15, 0.2) is 30.9 Å². The van der Waals surface area contributed by atoms with Crippen LogP contribution >= 0.6 is 0 Å². The van der Waals surface area contributed by atoms with Crippen molar-refractivity contribution >= 4 is 0 Å². The van der Waals surface area contributed by atoms with Crippen LogP contribution in [-0.2, 0) is 5.41 Å². The van der Waals surface area contributed by atoms with Crippen molar-refractivity contribution in [2.75, 3.05) is 7.11 Å². The quantitative estimate of drug-likeness (QED) is 0.797. The van der Waals surface area contributed by atoms with Gasteiger partial charge in [-0.05, 0) is 23.1 Å². The first-order valence-corrected chi connectivity index (χ1v) is 5.56. The summed E-state index contributed by atoms with van der Waals surface area (Å²) in [7, 11) is 1.67. The van der Waals surface area contributed by atoms with Crippen molar-refractivity contribution in [1.29, 1.82) is 0 Å². The van der Waals surface area contributed by atoms with Gasteiger partial charge < -0.3 is 4.74 Å². The first-order chi connectivity index (χ1) is 8.02. The third kappa shape index (κ3) is 2.30. The van der Waals surface area contributed by atoms with E-state index in [2.05, 4.69) is 43.1 Å². The van der Waals surface area contributed by atoms with E-state index < -0.39 is 0 Å². The molecule has 0 bridgehead atoms. The van der Waals surface area contributed by atoms with E-state index >= 15 is 0 Å². The lowest BCUT2D eigenvalue weighted by Gasteiger charge is -2.21. The molecule has 0 aliphatic heterocycles. The summed E-state index contributed by atoms with van der Waals surface area (Å²) in [5, 5.41) is 7.65. The molecule has 0 amide bonds. The molecule has 0 unspecified atom stereocenters. The number of hydrogen-bond donors (Lipinski definition) is 0. The topological polar surface area (TPSA) is 39.9 Å². The number of hydrogen-bond acceptors (Lipinski definition) is 3. The number of methoxy groups -OCH3 is 1. The van der Waals surface area contributed by atoms with E-state index in [4.69, 9.17) is 4.74 Å². The maximum atomic E-state index is 5.36. The lowest BCUT2D eigenvalue weighted by molar-refractivity contribution is 0.412. The predicted octanol–water partition coefficient (Wildman–Crippen LogP) is 2.57. The zero-order valence-electron chi connectivity index (χ0n) is 10.6. The maximum Gasteiger partial charge on any atom is 0.142 e. The van der Waals surface area contributed by atoms with Gasteiger partial charge >= 0.3 is 0 Å². The van der Waals surface area contributed by atoms with Gasteiger partial charge in [0.05, 0.1) is 12.8 Å². The Balaban J connectivity index is 2.55. The Morgan fingerprint density at radius 2 is 1.76 bits per heavy atom. The van der Waals surface area contributed by atoms with Crippen LogP contribution in [-0.4, -0.2) is 21.9 Å². The van der Waals surface area contributed by atoms with Crippen molar-refractivity contribution in [3.05, 3.63) is 36.4 Å². The average molecular weight is 231 g/mol. The van der Waals surface area contributed by atoms with E-state index in [1.807, 2.05) is 10.6 Å². The highest BCUT2D eigenvalue weighted by Crippen LogP contribution is 2.29. The molecule has 0 aliphatic carbocycles. The molecule has 1 aromatic heterocycles. The van der Waals surface area contributed by atoms with Gasteiger partial charge in [0.25, 0.3) is 0 Å². The molecule has 1 heterocycles. The molecule has 0 saturated carbocycles. The maximum absolute atomic E-state index is 5.36. The van der Waals surface area contributed by atoms with Crippen molar-refractivity contribution in [2.45, 2.75) is 26.2 Å². The fraction of sp³-hybridized carbons (Fsp3) is 0.385. The van der Waals surface area contributed by atoms with Crippen molar-refractivity contribution < 1.29 is 4.74 Å².